The van der Waals surface area contributed by atoms with Gasteiger partial charge in [-0.2, -0.15) is 10.2 Å². The maximum atomic E-state index is 4.85. The van der Waals surface area contributed by atoms with Crippen molar-refractivity contribution in [2.24, 2.45) is 7.05 Å². The van der Waals surface area contributed by atoms with Crippen molar-refractivity contribution >= 4 is 0 Å². The standard InChI is InChI=1S/C16H27N5/c1-6-14-16(12(4)17-8-3)15(7-2)21(19-14)11-13-9-18-20(5)10-13/h9-10,12,17H,6-8,11H2,1-5H3. The zero-order chi connectivity index (χ0) is 15.4. The number of rotatable bonds is 7. The summed E-state index contributed by atoms with van der Waals surface area (Å²) in [5, 5.41) is 12.6. The Hall–Kier alpha value is -1.62. The predicted octanol–water partition coefficient (Wildman–Crippen LogP) is 2.46. The highest BCUT2D eigenvalue weighted by atomic mass is 15.3. The molecule has 0 saturated carbocycles. The summed E-state index contributed by atoms with van der Waals surface area (Å²) >= 11 is 0. The van der Waals surface area contributed by atoms with Crippen LogP contribution in [0, 0.1) is 0 Å². The monoisotopic (exact) mass is 289 g/mol. The van der Waals surface area contributed by atoms with Crippen LogP contribution in [0.15, 0.2) is 12.4 Å². The van der Waals surface area contributed by atoms with Gasteiger partial charge in [0.05, 0.1) is 18.4 Å². The molecule has 0 radical (unpaired) electrons. The molecule has 0 fully saturated rings. The van der Waals surface area contributed by atoms with Gasteiger partial charge in [-0.25, -0.2) is 0 Å². The second-order valence-corrected chi connectivity index (χ2v) is 5.47. The van der Waals surface area contributed by atoms with Gasteiger partial charge in [0.1, 0.15) is 0 Å². The van der Waals surface area contributed by atoms with Crippen molar-refractivity contribution in [3.8, 4) is 0 Å². The zero-order valence-electron chi connectivity index (χ0n) is 13.8. The molecule has 21 heavy (non-hydrogen) atoms. The van der Waals surface area contributed by atoms with Crippen molar-refractivity contribution in [2.75, 3.05) is 6.54 Å². The molecule has 2 aromatic heterocycles. The SMILES string of the molecule is CCNC(C)c1c(CC)nn(Cc2cnn(C)c2)c1CC. The molecule has 0 aliphatic rings. The molecule has 2 aromatic rings. The molecule has 0 aliphatic heterocycles. The molecule has 0 amide bonds. The number of hydrogen-bond acceptors (Lipinski definition) is 3. The quantitative estimate of drug-likeness (QED) is 0.852. The van der Waals surface area contributed by atoms with Crippen LogP contribution in [-0.4, -0.2) is 26.1 Å². The summed E-state index contributed by atoms with van der Waals surface area (Å²) in [4.78, 5) is 0. The van der Waals surface area contributed by atoms with Gasteiger partial charge in [-0.05, 0) is 26.3 Å². The fourth-order valence-corrected chi connectivity index (χ4v) is 2.96. The second-order valence-electron chi connectivity index (χ2n) is 5.47. The fraction of sp³-hybridized carbons (Fsp3) is 0.625. The van der Waals surface area contributed by atoms with E-state index in [1.807, 2.05) is 17.9 Å². The smallest absolute Gasteiger partial charge is 0.0693 e. The highest BCUT2D eigenvalue weighted by Gasteiger charge is 2.20. The van der Waals surface area contributed by atoms with E-state index < -0.39 is 0 Å². The van der Waals surface area contributed by atoms with Crippen molar-refractivity contribution in [1.82, 2.24) is 24.9 Å². The van der Waals surface area contributed by atoms with Gasteiger partial charge in [0, 0.05) is 36.1 Å². The van der Waals surface area contributed by atoms with Gasteiger partial charge < -0.3 is 5.32 Å². The van der Waals surface area contributed by atoms with E-state index in [9.17, 15) is 0 Å². The van der Waals surface area contributed by atoms with Crippen LogP contribution in [0.1, 0.15) is 56.3 Å². The van der Waals surface area contributed by atoms with Crippen molar-refractivity contribution < 1.29 is 0 Å². The van der Waals surface area contributed by atoms with Gasteiger partial charge in [0.25, 0.3) is 0 Å². The minimum absolute atomic E-state index is 0.350. The Labute approximate surface area is 127 Å². The first-order valence-corrected chi connectivity index (χ1v) is 7.89. The van der Waals surface area contributed by atoms with E-state index in [1.54, 1.807) is 0 Å². The van der Waals surface area contributed by atoms with E-state index >= 15 is 0 Å². The number of aromatic nitrogens is 4. The van der Waals surface area contributed by atoms with Gasteiger partial charge >= 0.3 is 0 Å². The molecule has 2 rings (SSSR count). The van der Waals surface area contributed by atoms with Crippen LogP contribution in [0.5, 0.6) is 0 Å². The van der Waals surface area contributed by atoms with Gasteiger partial charge in [0.2, 0.25) is 0 Å². The summed E-state index contributed by atoms with van der Waals surface area (Å²) in [7, 11) is 1.95. The van der Waals surface area contributed by atoms with Crippen LogP contribution in [0.2, 0.25) is 0 Å². The molecule has 5 nitrogen and oxygen atoms in total. The predicted molar refractivity (Wildman–Crippen MR) is 85.4 cm³/mol. The van der Waals surface area contributed by atoms with E-state index in [1.165, 1.54) is 22.5 Å². The van der Waals surface area contributed by atoms with Crippen molar-refractivity contribution in [3.05, 3.63) is 34.9 Å². The summed E-state index contributed by atoms with van der Waals surface area (Å²) in [6.45, 7) is 10.5. The lowest BCUT2D eigenvalue weighted by Gasteiger charge is -2.15. The van der Waals surface area contributed by atoms with E-state index in [2.05, 4.69) is 49.0 Å². The molecule has 1 N–H and O–H groups in total. The molecule has 0 spiro atoms. The van der Waals surface area contributed by atoms with Crippen LogP contribution in [0.4, 0.5) is 0 Å². The number of aryl methyl sites for hydroxylation is 2. The van der Waals surface area contributed by atoms with Crippen LogP contribution < -0.4 is 5.32 Å². The summed E-state index contributed by atoms with van der Waals surface area (Å²) in [6, 6.07) is 0.350. The molecule has 1 unspecified atom stereocenters. The lowest BCUT2D eigenvalue weighted by Crippen LogP contribution is -2.20. The summed E-state index contributed by atoms with van der Waals surface area (Å²) in [5.74, 6) is 0. The third kappa shape index (κ3) is 3.35. The summed E-state index contributed by atoms with van der Waals surface area (Å²) < 4.78 is 3.99. The molecule has 0 bridgehead atoms. The molecular weight excluding hydrogens is 262 g/mol. The van der Waals surface area contributed by atoms with E-state index in [4.69, 9.17) is 5.10 Å². The molecule has 1 atom stereocenters. The first kappa shape index (κ1) is 15.8. The molecule has 5 heteroatoms. The Balaban J connectivity index is 2.37. The molecule has 2 heterocycles. The fourth-order valence-electron chi connectivity index (χ4n) is 2.96. The van der Waals surface area contributed by atoms with E-state index in [0.29, 0.717) is 6.04 Å². The lowest BCUT2D eigenvalue weighted by molar-refractivity contribution is 0.583. The Kier molecular flexibility index (Phi) is 5.17. The topological polar surface area (TPSA) is 47.7 Å². The third-order valence-corrected chi connectivity index (χ3v) is 3.88. The Morgan fingerprint density at radius 3 is 2.52 bits per heavy atom. The Morgan fingerprint density at radius 2 is 2.00 bits per heavy atom. The van der Waals surface area contributed by atoms with Crippen molar-refractivity contribution in [1.29, 1.82) is 0 Å². The van der Waals surface area contributed by atoms with Crippen molar-refractivity contribution in [2.45, 2.75) is 53.1 Å². The molecule has 0 aromatic carbocycles. The summed E-state index contributed by atoms with van der Waals surface area (Å²) in [5.41, 5.74) is 5.12. The minimum atomic E-state index is 0.350. The van der Waals surface area contributed by atoms with Crippen LogP contribution in [-0.2, 0) is 26.4 Å². The van der Waals surface area contributed by atoms with E-state index in [0.717, 1.165) is 25.9 Å². The first-order chi connectivity index (χ1) is 10.1. The molecular formula is C16H27N5. The number of hydrogen-bond donors (Lipinski definition) is 1. The highest BCUT2D eigenvalue weighted by Crippen LogP contribution is 2.24. The lowest BCUT2D eigenvalue weighted by atomic mass is 10.0. The zero-order valence-corrected chi connectivity index (χ0v) is 13.8. The molecule has 0 aliphatic carbocycles. The minimum Gasteiger partial charge on any atom is -0.310 e. The average molecular weight is 289 g/mol. The van der Waals surface area contributed by atoms with E-state index in [-0.39, 0.29) is 0 Å². The van der Waals surface area contributed by atoms with Crippen molar-refractivity contribution in [3.63, 3.8) is 0 Å². The van der Waals surface area contributed by atoms with Crippen LogP contribution in [0.25, 0.3) is 0 Å². The Bertz CT molecular complexity index is 582. The molecule has 116 valence electrons. The van der Waals surface area contributed by atoms with Gasteiger partial charge in [0.15, 0.2) is 0 Å². The third-order valence-electron chi connectivity index (χ3n) is 3.88. The normalized spacial score (nSPS) is 12.8. The second kappa shape index (κ2) is 6.89. The number of nitrogens with one attached hydrogen (secondary N) is 1. The molecule has 0 saturated heterocycles. The van der Waals surface area contributed by atoms with Gasteiger partial charge in [-0.15, -0.1) is 0 Å². The van der Waals surface area contributed by atoms with Gasteiger partial charge in [-0.1, -0.05) is 20.8 Å². The maximum Gasteiger partial charge on any atom is 0.0693 e. The van der Waals surface area contributed by atoms with Crippen LogP contribution in [0.3, 0.4) is 0 Å². The number of nitrogens with zero attached hydrogens (tertiary/aromatic N) is 4. The Morgan fingerprint density at radius 1 is 1.24 bits per heavy atom. The highest BCUT2D eigenvalue weighted by molar-refractivity contribution is 5.30. The largest absolute Gasteiger partial charge is 0.310 e. The maximum absolute atomic E-state index is 4.85. The first-order valence-electron chi connectivity index (χ1n) is 7.89. The average Bonchev–Trinajstić information content (AvgIpc) is 3.02. The van der Waals surface area contributed by atoms with Gasteiger partial charge in [-0.3, -0.25) is 9.36 Å². The van der Waals surface area contributed by atoms with Crippen LogP contribution >= 0.6 is 0 Å². The summed E-state index contributed by atoms with van der Waals surface area (Å²) in [6.07, 6.45) is 5.94.